The lowest BCUT2D eigenvalue weighted by Gasteiger charge is -2.02. The fraction of sp³-hybridized carbons (Fsp3) is 0.0667. The number of hydrogen-bond donors (Lipinski definition) is 0. The van der Waals surface area contributed by atoms with E-state index in [1.54, 1.807) is 12.1 Å². The fourth-order valence-corrected chi connectivity index (χ4v) is 3.47. The molecule has 0 bridgehead atoms. The summed E-state index contributed by atoms with van der Waals surface area (Å²) in [6.07, 6.45) is 3.12. The first-order valence-corrected chi connectivity index (χ1v) is 10.7. The van der Waals surface area contributed by atoms with Crippen molar-refractivity contribution in [3.8, 4) is 23.7 Å². The molecule has 0 radical (unpaired) electrons. The fourth-order valence-electron chi connectivity index (χ4n) is 3.47. The van der Waals surface area contributed by atoms with E-state index in [1.807, 2.05) is 0 Å². The van der Waals surface area contributed by atoms with Crippen molar-refractivity contribution in [1.82, 2.24) is 0 Å². The molecule has 0 fully saturated rings. The molecule has 0 aliphatic carbocycles. The minimum Gasteiger partial charge on any atom is -0.206 e. The second kappa shape index (κ2) is 10.3. The SMILES string of the molecule is C=CCCc1ccc(C#Cc2cc(F)c(C#Cc3ccc4c(F)c(F)ccc4c3)c(F)c2)c(F)c1. The number of halogens is 5. The van der Waals surface area contributed by atoms with E-state index < -0.39 is 34.6 Å². The minimum atomic E-state index is -0.973. The molecule has 0 saturated heterocycles. The summed E-state index contributed by atoms with van der Waals surface area (Å²) >= 11 is 0. The van der Waals surface area contributed by atoms with Gasteiger partial charge in [-0.2, -0.15) is 0 Å². The first-order valence-electron chi connectivity index (χ1n) is 10.7. The van der Waals surface area contributed by atoms with Gasteiger partial charge < -0.3 is 0 Å². The molecule has 35 heavy (non-hydrogen) atoms. The van der Waals surface area contributed by atoms with Gasteiger partial charge in [-0.1, -0.05) is 48.0 Å². The van der Waals surface area contributed by atoms with Crippen LogP contribution in [0.4, 0.5) is 22.0 Å². The van der Waals surface area contributed by atoms with Gasteiger partial charge in [0.2, 0.25) is 0 Å². The topological polar surface area (TPSA) is 0 Å². The number of allylic oxidation sites excluding steroid dienone is 1. The van der Waals surface area contributed by atoms with E-state index in [9.17, 15) is 22.0 Å². The predicted molar refractivity (Wildman–Crippen MR) is 127 cm³/mol. The Morgan fingerprint density at radius 1 is 0.657 bits per heavy atom. The average molecular weight is 472 g/mol. The molecule has 172 valence electrons. The summed E-state index contributed by atoms with van der Waals surface area (Å²) in [6, 6.07) is 13.4. The Kier molecular flexibility index (Phi) is 6.99. The van der Waals surface area contributed by atoms with Gasteiger partial charge in [-0.25, -0.2) is 22.0 Å². The molecule has 0 nitrogen and oxygen atoms in total. The van der Waals surface area contributed by atoms with Crippen molar-refractivity contribution in [2.24, 2.45) is 0 Å². The van der Waals surface area contributed by atoms with Gasteiger partial charge in [0.25, 0.3) is 0 Å². The van der Waals surface area contributed by atoms with Gasteiger partial charge >= 0.3 is 0 Å². The Labute approximate surface area is 199 Å². The van der Waals surface area contributed by atoms with Gasteiger partial charge in [-0.05, 0) is 66.3 Å². The summed E-state index contributed by atoms with van der Waals surface area (Å²) in [5.41, 5.74) is 0.863. The lowest BCUT2D eigenvalue weighted by molar-refractivity contribution is 0.517. The van der Waals surface area contributed by atoms with Gasteiger partial charge in [-0.15, -0.1) is 6.58 Å². The highest BCUT2D eigenvalue weighted by atomic mass is 19.2. The zero-order valence-corrected chi connectivity index (χ0v) is 18.4. The van der Waals surface area contributed by atoms with Crippen LogP contribution >= 0.6 is 0 Å². The molecule has 0 saturated carbocycles. The molecule has 0 heterocycles. The molecule has 4 aromatic carbocycles. The average Bonchev–Trinajstić information content (AvgIpc) is 2.84. The van der Waals surface area contributed by atoms with Gasteiger partial charge in [0.15, 0.2) is 11.6 Å². The van der Waals surface area contributed by atoms with Crippen molar-refractivity contribution in [3.63, 3.8) is 0 Å². The van der Waals surface area contributed by atoms with Crippen LogP contribution in [-0.2, 0) is 6.42 Å². The zero-order valence-electron chi connectivity index (χ0n) is 18.4. The summed E-state index contributed by atoms with van der Waals surface area (Å²) in [5, 5.41) is 0.488. The molecule has 4 rings (SSSR count). The van der Waals surface area contributed by atoms with E-state index >= 15 is 0 Å². The van der Waals surface area contributed by atoms with Crippen LogP contribution in [0.1, 0.15) is 34.2 Å². The van der Waals surface area contributed by atoms with Crippen LogP contribution in [0.2, 0.25) is 0 Å². The molecule has 0 aromatic heterocycles. The molecule has 5 heteroatoms. The van der Waals surface area contributed by atoms with E-state index in [4.69, 9.17) is 0 Å². The summed E-state index contributed by atoms with van der Waals surface area (Å²) in [7, 11) is 0. The van der Waals surface area contributed by atoms with Crippen LogP contribution in [0.15, 0.2) is 73.3 Å². The normalized spacial score (nSPS) is 10.3. The second-order valence-corrected chi connectivity index (χ2v) is 7.75. The third-order valence-electron chi connectivity index (χ3n) is 5.29. The molecule has 0 N–H and O–H groups in total. The highest BCUT2D eigenvalue weighted by Crippen LogP contribution is 2.22. The minimum absolute atomic E-state index is 0.0314. The molecule has 0 unspecified atom stereocenters. The van der Waals surface area contributed by atoms with E-state index in [1.165, 1.54) is 36.4 Å². The summed E-state index contributed by atoms with van der Waals surface area (Å²) in [6.45, 7) is 3.63. The molecule has 4 aromatic rings. The van der Waals surface area contributed by atoms with Crippen molar-refractivity contribution in [1.29, 1.82) is 0 Å². The largest absolute Gasteiger partial charge is 0.206 e. The number of aryl methyl sites for hydroxylation is 1. The lowest BCUT2D eigenvalue weighted by Crippen LogP contribution is -1.93. The van der Waals surface area contributed by atoms with Gasteiger partial charge in [0.1, 0.15) is 17.5 Å². The molecule has 0 spiro atoms. The monoisotopic (exact) mass is 472 g/mol. The standard InChI is InChI=1S/C30H17F5/c1-2-3-4-19-5-9-22(27(32)16-19)10-6-21-17-28(33)25(29(34)18-21)13-8-20-7-12-24-23(15-20)11-14-26(31)30(24)35/h2,5,7,9,11-12,14-18H,1,3-4H2. The Bertz CT molecular complexity index is 1550. The third kappa shape index (κ3) is 5.42. The van der Waals surface area contributed by atoms with E-state index in [0.717, 1.165) is 30.2 Å². The third-order valence-corrected chi connectivity index (χ3v) is 5.29. The van der Waals surface area contributed by atoms with Crippen LogP contribution in [0, 0.1) is 52.8 Å². The van der Waals surface area contributed by atoms with Crippen LogP contribution in [-0.4, -0.2) is 0 Å². The molecule has 0 atom stereocenters. The van der Waals surface area contributed by atoms with Crippen molar-refractivity contribution < 1.29 is 22.0 Å². The number of fused-ring (bicyclic) bond motifs is 1. The predicted octanol–water partition coefficient (Wildman–Crippen LogP) is 7.45. The van der Waals surface area contributed by atoms with E-state index in [2.05, 4.69) is 30.3 Å². The van der Waals surface area contributed by atoms with Crippen LogP contribution in [0.25, 0.3) is 10.8 Å². The second-order valence-electron chi connectivity index (χ2n) is 7.75. The van der Waals surface area contributed by atoms with Crippen molar-refractivity contribution in [3.05, 3.63) is 130 Å². The first kappa shape index (κ1) is 23.8. The lowest BCUT2D eigenvalue weighted by atomic mass is 10.1. The van der Waals surface area contributed by atoms with Crippen molar-refractivity contribution in [2.45, 2.75) is 12.8 Å². The smallest absolute Gasteiger partial charge is 0.166 e. The zero-order chi connectivity index (χ0) is 24.9. The first-order chi connectivity index (χ1) is 16.9. The Morgan fingerprint density at radius 2 is 1.40 bits per heavy atom. The van der Waals surface area contributed by atoms with Gasteiger partial charge in [0.05, 0.1) is 11.1 Å². The molecule has 0 amide bonds. The van der Waals surface area contributed by atoms with E-state index in [-0.39, 0.29) is 16.5 Å². The maximum atomic E-state index is 14.6. The number of hydrogen-bond acceptors (Lipinski definition) is 0. The Hall–Kier alpha value is -4.35. The maximum Gasteiger partial charge on any atom is 0.166 e. The highest BCUT2D eigenvalue weighted by Gasteiger charge is 2.10. The summed E-state index contributed by atoms with van der Waals surface area (Å²) in [4.78, 5) is 0. The molecular weight excluding hydrogens is 455 g/mol. The highest BCUT2D eigenvalue weighted by molar-refractivity contribution is 5.84. The van der Waals surface area contributed by atoms with Crippen molar-refractivity contribution in [2.75, 3.05) is 0 Å². The molecule has 0 aliphatic rings. The number of rotatable bonds is 3. The Morgan fingerprint density at radius 3 is 2.11 bits per heavy atom. The van der Waals surface area contributed by atoms with Crippen LogP contribution in [0.3, 0.4) is 0 Å². The van der Waals surface area contributed by atoms with Gasteiger partial charge in [-0.3, -0.25) is 0 Å². The maximum absolute atomic E-state index is 14.6. The van der Waals surface area contributed by atoms with E-state index in [0.29, 0.717) is 17.4 Å². The number of benzene rings is 4. The van der Waals surface area contributed by atoms with Crippen molar-refractivity contribution >= 4 is 10.8 Å². The van der Waals surface area contributed by atoms with Crippen LogP contribution < -0.4 is 0 Å². The molecular formula is C30H17F5. The van der Waals surface area contributed by atoms with Gasteiger partial charge in [0, 0.05) is 16.5 Å². The summed E-state index contributed by atoms with van der Waals surface area (Å²) < 4.78 is 70.6. The summed E-state index contributed by atoms with van der Waals surface area (Å²) in [5.74, 6) is 5.96. The van der Waals surface area contributed by atoms with Crippen LogP contribution in [0.5, 0.6) is 0 Å². The quantitative estimate of drug-likeness (QED) is 0.165. The Balaban J connectivity index is 1.58. The molecule has 0 aliphatic heterocycles.